The Morgan fingerprint density at radius 2 is 1.53 bits per heavy atom. The Morgan fingerprint density at radius 3 is 2.07 bits per heavy atom. The number of aromatic nitrogens is 2. The van der Waals surface area contributed by atoms with E-state index in [1.165, 1.54) is 11.1 Å². The molecule has 4 aromatic rings. The number of hydrogen-bond acceptors (Lipinski definition) is 7. The highest BCUT2D eigenvalue weighted by atomic mass is 127. The van der Waals surface area contributed by atoms with E-state index in [1.807, 2.05) is 51.1 Å². The first-order valence-corrected chi connectivity index (χ1v) is 16.2. The molecule has 0 saturated heterocycles. The molecule has 1 fully saturated rings. The molecular formula is C34H41IN2O6. The van der Waals surface area contributed by atoms with E-state index in [0.717, 1.165) is 70.0 Å². The first-order chi connectivity index (χ1) is 20.6. The third kappa shape index (κ3) is 9.48. The average molecular weight is 701 g/mol. The van der Waals surface area contributed by atoms with E-state index in [9.17, 15) is 4.79 Å². The number of halogens is 1. The van der Waals surface area contributed by atoms with E-state index in [-0.39, 0.29) is 6.10 Å². The minimum absolute atomic E-state index is 0.140. The molecule has 2 aromatic carbocycles. The van der Waals surface area contributed by atoms with Crippen LogP contribution >= 0.6 is 22.6 Å². The van der Waals surface area contributed by atoms with Crippen molar-refractivity contribution in [3.63, 3.8) is 0 Å². The van der Waals surface area contributed by atoms with Crippen LogP contribution in [0.2, 0.25) is 0 Å². The second-order valence-corrected chi connectivity index (χ2v) is 12.0. The number of rotatable bonds is 10. The Labute approximate surface area is 267 Å². The molecule has 2 heterocycles. The lowest BCUT2D eigenvalue weighted by atomic mass is 9.87. The standard InChI is InChI=1S/C22H29NO5.C12H12INO/c1-14-6-4-8-18(10-14)21-23-20(15(2)28-21)13-27-19-9-5-7-17(11-19)12-26-16(3)22(24)25;1-8-4-3-5-10(6-8)12-14-11(7-13)9(2)15-12/h4,6,8,10,16-17,19H,5,7,9,11-13H2,1-3H3,(H,24,25);3-6H,7H2,1-2H3. The quantitative estimate of drug-likeness (QED) is 0.130. The number of carbonyl (C=O) groups is 1. The molecule has 0 aliphatic heterocycles. The van der Waals surface area contributed by atoms with E-state index in [1.54, 1.807) is 6.92 Å². The number of nitrogens with zero attached hydrogens (tertiary/aromatic N) is 2. The van der Waals surface area contributed by atoms with Crippen molar-refractivity contribution in [3.8, 4) is 22.9 Å². The van der Waals surface area contributed by atoms with Gasteiger partial charge >= 0.3 is 5.97 Å². The smallest absolute Gasteiger partial charge is 0.332 e. The first-order valence-electron chi connectivity index (χ1n) is 14.7. The number of oxazole rings is 2. The van der Waals surface area contributed by atoms with Crippen molar-refractivity contribution in [3.05, 3.63) is 82.6 Å². The Bertz CT molecular complexity index is 1500. The predicted molar refractivity (Wildman–Crippen MR) is 174 cm³/mol. The molecule has 8 nitrogen and oxygen atoms in total. The van der Waals surface area contributed by atoms with Crippen molar-refractivity contribution in [2.45, 2.75) is 83.5 Å². The summed E-state index contributed by atoms with van der Waals surface area (Å²) >= 11 is 2.30. The molecule has 3 atom stereocenters. The summed E-state index contributed by atoms with van der Waals surface area (Å²) in [5.41, 5.74) is 6.27. The molecule has 1 aliphatic rings. The third-order valence-corrected chi connectivity index (χ3v) is 8.28. The number of hydrogen-bond donors (Lipinski definition) is 1. The lowest BCUT2D eigenvalue weighted by Gasteiger charge is -2.29. The highest BCUT2D eigenvalue weighted by molar-refractivity contribution is 14.1. The number of carboxylic acid groups (broad SMARTS) is 1. The summed E-state index contributed by atoms with van der Waals surface area (Å²) in [6, 6.07) is 16.3. The second-order valence-electron chi connectivity index (χ2n) is 11.2. The monoisotopic (exact) mass is 700 g/mol. The zero-order chi connectivity index (χ0) is 30.9. The normalized spacial score (nSPS) is 17.3. The van der Waals surface area contributed by atoms with Crippen LogP contribution in [-0.4, -0.2) is 39.9 Å². The van der Waals surface area contributed by atoms with E-state index >= 15 is 0 Å². The van der Waals surface area contributed by atoms with Crippen LogP contribution in [0.25, 0.3) is 22.9 Å². The fourth-order valence-corrected chi connectivity index (χ4v) is 5.72. The van der Waals surface area contributed by atoms with Gasteiger partial charge in [-0.3, -0.25) is 0 Å². The van der Waals surface area contributed by atoms with Gasteiger partial charge < -0.3 is 23.4 Å². The first kappa shape index (κ1) is 32.9. The van der Waals surface area contributed by atoms with Crippen LogP contribution in [0.15, 0.2) is 57.4 Å². The second kappa shape index (κ2) is 15.6. The summed E-state index contributed by atoms with van der Waals surface area (Å²) in [6.07, 6.45) is 3.37. The Balaban J connectivity index is 0.000000237. The van der Waals surface area contributed by atoms with E-state index in [2.05, 4.69) is 57.7 Å². The SMILES string of the molecule is Cc1cccc(-c2nc(CI)c(C)o2)c1.Cc1cccc(-c2nc(COC3CCCC(COC(C)C(=O)O)C3)c(C)o2)c1. The number of aryl methyl sites for hydroxylation is 4. The molecule has 1 saturated carbocycles. The molecule has 3 unspecified atom stereocenters. The van der Waals surface area contributed by atoms with Crippen LogP contribution in [0.5, 0.6) is 0 Å². The molecule has 43 heavy (non-hydrogen) atoms. The van der Waals surface area contributed by atoms with Crippen LogP contribution in [0.4, 0.5) is 0 Å². The predicted octanol–water partition coefficient (Wildman–Crippen LogP) is 8.42. The van der Waals surface area contributed by atoms with Gasteiger partial charge in [-0.1, -0.05) is 64.4 Å². The molecule has 2 aromatic heterocycles. The maximum absolute atomic E-state index is 10.9. The average Bonchev–Trinajstić information content (AvgIpc) is 3.57. The van der Waals surface area contributed by atoms with Crippen LogP contribution in [-0.2, 0) is 25.3 Å². The van der Waals surface area contributed by atoms with Crippen LogP contribution in [0.1, 0.15) is 66.6 Å². The highest BCUT2D eigenvalue weighted by Crippen LogP contribution is 2.29. The summed E-state index contributed by atoms with van der Waals surface area (Å²) in [5, 5.41) is 8.93. The van der Waals surface area contributed by atoms with Crippen LogP contribution in [0.3, 0.4) is 0 Å². The van der Waals surface area contributed by atoms with Gasteiger partial charge in [0, 0.05) is 15.6 Å². The summed E-state index contributed by atoms with van der Waals surface area (Å²) in [5.74, 6) is 2.46. The summed E-state index contributed by atoms with van der Waals surface area (Å²) in [6.45, 7) is 10.4. The van der Waals surface area contributed by atoms with Crippen LogP contribution < -0.4 is 0 Å². The number of carboxylic acids is 1. The zero-order valence-corrected chi connectivity index (χ0v) is 27.7. The summed E-state index contributed by atoms with van der Waals surface area (Å²) < 4.78 is 23.9. The summed E-state index contributed by atoms with van der Waals surface area (Å²) in [7, 11) is 0. The largest absolute Gasteiger partial charge is 0.479 e. The fourth-order valence-electron chi connectivity index (χ4n) is 5.01. The summed E-state index contributed by atoms with van der Waals surface area (Å²) in [4.78, 5) is 20.0. The van der Waals surface area contributed by atoms with E-state index < -0.39 is 12.1 Å². The van der Waals surface area contributed by atoms with Crippen molar-refractivity contribution >= 4 is 28.6 Å². The van der Waals surface area contributed by atoms with Gasteiger partial charge in [0.15, 0.2) is 6.10 Å². The van der Waals surface area contributed by atoms with Crippen molar-refractivity contribution < 1.29 is 28.2 Å². The number of alkyl halides is 1. The lowest BCUT2D eigenvalue weighted by Crippen LogP contribution is -2.29. The highest BCUT2D eigenvalue weighted by Gasteiger charge is 2.25. The molecule has 9 heteroatoms. The van der Waals surface area contributed by atoms with Gasteiger partial charge in [0.25, 0.3) is 0 Å². The van der Waals surface area contributed by atoms with Crippen LogP contribution in [0, 0.1) is 33.6 Å². The molecule has 1 aliphatic carbocycles. The topological polar surface area (TPSA) is 108 Å². The molecule has 5 rings (SSSR count). The van der Waals surface area contributed by atoms with Gasteiger partial charge in [0.2, 0.25) is 11.8 Å². The molecule has 0 bridgehead atoms. The van der Waals surface area contributed by atoms with Gasteiger partial charge in [0.1, 0.15) is 17.2 Å². The molecular weight excluding hydrogens is 659 g/mol. The van der Waals surface area contributed by atoms with Gasteiger partial charge in [-0.15, -0.1) is 0 Å². The van der Waals surface area contributed by atoms with Gasteiger partial charge in [-0.25, -0.2) is 14.8 Å². The zero-order valence-electron chi connectivity index (χ0n) is 25.6. The number of aliphatic carboxylic acids is 1. The maximum atomic E-state index is 10.9. The Morgan fingerprint density at radius 1 is 0.953 bits per heavy atom. The maximum Gasteiger partial charge on any atom is 0.332 e. The molecule has 0 radical (unpaired) electrons. The van der Waals surface area contributed by atoms with E-state index in [0.29, 0.717) is 25.0 Å². The molecule has 0 amide bonds. The molecule has 1 N–H and O–H groups in total. The van der Waals surface area contributed by atoms with Crippen molar-refractivity contribution in [2.75, 3.05) is 6.61 Å². The molecule has 230 valence electrons. The minimum Gasteiger partial charge on any atom is -0.479 e. The minimum atomic E-state index is -0.922. The Kier molecular flexibility index (Phi) is 12.0. The number of ether oxygens (including phenoxy) is 2. The van der Waals surface area contributed by atoms with Crippen molar-refractivity contribution in [1.29, 1.82) is 0 Å². The Hall–Kier alpha value is -3.02. The van der Waals surface area contributed by atoms with E-state index in [4.69, 9.17) is 23.4 Å². The van der Waals surface area contributed by atoms with Crippen molar-refractivity contribution in [1.82, 2.24) is 9.97 Å². The fraction of sp³-hybridized carbons (Fsp3) is 0.441. The lowest BCUT2D eigenvalue weighted by molar-refractivity contribution is -0.150. The van der Waals surface area contributed by atoms with Gasteiger partial charge in [-0.2, -0.15) is 0 Å². The third-order valence-electron chi connectivity index (χ3n) is 7.56. The van der Waals surface area contributed by atoms with Crippen molar-refractivity contribution in [2.24, 2.45) is 5.92 Å². The van der Waals surface area contributed by atoms with Gasteiger partial charge in [0.05, 0.1) is 25.0 Å². The molecule has 0 spiro atoms. The van der Waals surface area contributed by atoms with Gasteiger partial charge in [-0.05, 0) is 84.1 Å². The number of benzene rings is 2.